The SMILES string of the molecule is CC(C)C[C@@H](NC(=O)[C@H]1CCC(=O)N1)C(=O)N1CCCC1. The molecule has 6 nitrogen and oxygen atoms in total. The number of carbonyl (C=O) groups excluding carboxylic acids is 3. The van der Waals surface area contributed by atoms with E-state index in [1.807, 2.05) is 18.7 Å². The topological polar surface area (TPSA) is 78.5 Å². The Morgan fingerprint density at radius 1 is 1.33 bits per heavy atom. The average Bonchev–Trinajstić information content (AvgIpc) is 3.07. The first-order chi connectivity index (χ1) is 9.97. The van der Waals surface area contributed by atoms with Gasteiger partial charge in [-0.15, -0.1) is 0 Å². The molecule has 6 heteroatoms. The molecular weight excluding hydrogens is 270 g/mol. The van der Waals surface area contributed by atoms with Gasteiger partial charge in [0.1, 0.15) is 12.1 Å². The van der Waals surface area contributed by atoms with Gasteiger partial charge in [0, 0.05) is 19.5 Å². The van der Waals surface area contributed by atoms with Crippen LogP contribution in [0.2, 0.25) is 0 Å². The van der Waals surface area contributed by atoms with E-state index in [1.165, 1.54) is 0 Å². The Balaban J connectivity index is 1.96. The first kappa shape index (κ1) is 15.8. The van der Waals surface area contributed by atoms with Crippen LogP contribution in [0.3, 0.4) is 0 Å². The van der Waals surface area contributed by atoms with Gasteiger partial charge in [-0.3, -0.25) is 14.4 Å². The van der Waals surface area contributed by atoms with E-state index in [0.717, 1.165) is 25.9 Å². The van der Waals surface area contributed by atoms with Crippen molar-refractivity contribution in [2.24, 2.45) is 5.92 Å². The fourth-order valence-corrected chi connectivity index (χ4v) is 2.93. The van der Waals surface area contributed by atoms with Crippen LogP contribution in [0.5, 0.6) is 0 Å². The molecule has 3 amide bonds. The largest absolute Gasteiger partial charge is 0.344 e. The predicted octanol–water partition coefficient (Wildman–Crippen LogP) is 0.418. The number of hydrogen-bond donors (Lipinski definition) is 2. The van der Waals surface area contributed by atoms with Crippen molar-refractivity contribution in [1.29, 1.82) is 0 Å². The molecule has 0 aromatic rings. The van der Waals surface area contributed by atoms with Gasteiger partial charge in [-0.05, 0) is 31.6 Å². The standard InChI is InChI=1S/C15H25N3O3/c1-10(2)9-12(15(21)18-7-3-4-8-18)17-14(20)11-5-6-13(19)16-11/h10-12H,3-9H2,1-2H3,(H,16,19)(H,17,20)/t11-,12-/m1/s1. The number of hydrogen-bond acceptors (Lipinski definition) is 3. The molecule has 0 aromatic carbocycles. The van der Waals surface area contributed by atoms with Gasteiger partial charge >= 0.3 is 0 Å². The maximum atomic E-state index is 12.5. The number of likely N-dealkylation sites (tertiary alicyclic amines) is 1. The van der Waals surface area contributed by atoms with Crippen LogP contribution >= 0.6 is 0 Å². The highest BCUT2D eigenvalue weighted by Crippen LogP contribution is 2.14. The highest BCUT2D eigenvalue weighted by molar-refractivity contribution is 5.94. The third-order valence-corrected chi connectivity index (χ3v) is 4.05. The quantitative estimate of drug-likeness (QED) is 0.771. The van der Waals surface area contributed by atoms with Crippen molar-refractivity contribution in [3.63, 3.8) is 0 Å². The fraction of sp³-hybridized carbons (Fsp3) is 0.800. The average molecular weight is 295 g/mol. The van der Waals surface area contributed by atoms with Crippen molar-refractivity contribution >= 4 is 17.7 Å². The zero-order valence-corrected chi connectivity index (χ0v) is 12.9. The number of amides is 3. The van der Waals surface area contributed by atoms with Crippen molar-refractivity contribution < 1.29 is 14.4 Å². The molecule has 0 saturated carbocycles. The van der Waals surface area contributed by atoms with Crippen LogP contribution in [0, 0.1) is 5.92 Å². The summed E-state index contributed by atoms with van der Waals surface area (Å²) in [6, 6.07) is -0.966. The van der Waals surface area contributed by atoms with E-state index >= 15 is 0 Å². The molecule has 118 valence electrons. The summed E-state index contributed by atoms with van der Waals surface area (Å²) < 4.78 is 0. The lowest BCUT2D eigenvalue weighted by Gasteiger charge is -2.26. The van der Waals surface area contributed by atoms with Gasteiger partial charge in [-0.25, -0.2) is 0 Å². The smallest absolute Gasteiger partial charge is 0.245 e. The number of nitrogens with zero attached hydrogens (tertiary/aromatic N) is 1. The summed E-state index contributed by atoms with van der Waals surface area (Å²) in [5.41, 5.74) is 0. The zero-order valence-electron chi connectivity index (χ0n) is 12.9. The molecule has 2 fully saturated rings. The minimum atomic E-state index is -0.487. The van der Waals surface area contributed by atoms with Gasteiger partial charge in [0.2, 0.25) is 17.7 Å². The van der Waals surface area contributed by atoms with E-state index < -0.39 is 12.1 Å². The van der Waals surface area contributed by atoms with Crippen molar-refractivity contribution in [2.45, 2.75) is 58.0 Å². The molecule has 0 spiro atoms. The second kappa shape index (κ2) is 6.91. The van der Waals surface area contributed by atoms with Gasteiger partial charge < -0.3 is 15.5 Å². The molecule has 2 aliphatic heterocycles. The van der Waals surface area contributed by atoms with E-state index in [4.69, 9.17) is 0 Å². The molecule has 0 radical (unpaired) electrons. The van der Waals surface area contributed by atoms with Gasteiger partial charge in [-0.1, -0.05) is 13.8 Å². The van der Waals surface area contributed by atoms with Crippen molar-refractivity contribution in [1.82, 2.24) is 15.5 Å². The summed E-state index contributed by atoms with van der Waals surface area (Å²) >= 11 is 0. The molecule has 2 aliphatic rings. The predicted molar refractivity (Wildman–Crippen MR) is 78.4 cm³/mol. The van der Waals surface area contributed by atoms with Crippen LogP contribution in [-0.2, 0) is 14.4 Å². The number of rotatable bonds is 5. The van der Waals surface area contributed by atoms with E-state index in [-0.39, 0.29) is 17.7 Å². The van der Waals surface area contributed by atoms with Crippen molar-refractivity contribution in [3.05, 3.63) is 0 Å². The Labute approximate surface area is 125 Å². The monoisotopic (exact) mass is 295 g/mol. The molecule has 2 heterocycles. The molecule has 2 saturated heterocycles. The van der Waals surface area contributed by atoms with E-state index in [1.54, 1.807) is 0 Å². The molecular formula is C15H25N3O3. The minimum absolute atomic E-state index is 0.0128. The first-order valence-corrected chi connectivity index (χ1v) is 7.86. The summed E-state index contributed by atoms with van der Waals surface area (Å²) in [4.78, 5) is 37.8. The van der Waals surface area contributed by atoms with Gasteiger partial charge in [0.25, 0.3) is 0 Å². The Kier molecular flexibility index (Phi) is 5.20. The summed E-state index contributed by atoms with van der Waals surface area (Å²) in [6.07, 6.45) is 3.59. The maximum Gasteiger partial charge on any atom is 0.245 e. The van der Waals surface area contributed by atoms with Crippen LogP contribution in [0.4, 0.5) is 0 Å². The Morgan fingerprint density at radius 2 is 2.00 bits per heavy atom. The highest BCUT2D eigenvalue weighted by atomic mass is 16.2. The van der Waals surface area contributed by atoms with Crippen LogP contribution in [0.15, 0.2) is 0 Å². The van der Waals surface area contributed by atoms with Gasteiger partial charge in [0.15, 0.2) is 0 Å². The molecule has 21 heavy (non-hydrogen) atoms. The third-order valence-electron chi connectivity index (χ3n) is 4.05. The lowest BCUT2D eigenvalue weighted by molar-refractivity contribution is -0.136. The molecule has 0 bridgehead atoms. The Hall–Kier alpha value is -1.59. The second-order valence-corrected chi connectivity index (χ2v) is 6.38. The first-order valence-electron chi connectivity index (χ1n) is 7.86. The fourth-order valence-electron chi connectivity index (χ4n) is 2.93. The van der Waals surface area contributed by atoms with Crippen LogP contribution < -0.4 is 10.6 Å². The van der Waals surface area contributed by atoms with Crippen LogP contribution in [-0.4, -0.2) is 47.8 Å². The van der Waals surface area contributed by atoms with E-state index in [0.29, 0.717) is 25.2 Å². The Bertz CT molecular complexity index is 416. The van der Waals surface area contributed by atoms with Crippen molar-refractivity contribution in [2.75, 3.05) is 13.1 Å². The lowest BCUT2D eigenvalue weighted by Crippen LogP contribution is -2.52. The normalized spacial score (nSPS) is 23.3. The third kappa shape index (κ3) is 4.19. The Morgan fingerprint density at radius 3 is 2.52 bits per heavy atom. The van der Waals surface area contributed by atoms with Gasteiger partial charge in [0.05, 0.1) is 0 Å². The van der Waals surface area contributed by atoms with E-state index in [2.05, 4.69) is 10.6 Å². The number of carbonyl (C=O) groups is 3. The summed E-state index contributed by atoms with van der Waals surface area (Å²) in [5, 5.41) is 5.49. The maximum absolute atomic E-state index is 12.5. The summed E-state index contributed by atoms with van der Waals surface area (Å²) in [7, 11) is 0. The molecule has 0 unspecified atom stereocenters. The van der Waals surface area contributed by atoms with Crippen LogP contribution in [0.25, 0.3) is 0 Å². The summed E-state index contributed by atoms with van der Waals surface area (Å²) in [5.74, 6) is -0.000582. The molecule has 2 rings (SSSR count). The molecule has 2 atom stereocenters. The minimum Gasteiger partial charge on any atom is -0.344 e. The van der Waals surface area contributed by atoms with Crippen molar-refractivity contribution in [3.8, 4) is 0 Å². The summed E-state index contributed by atoms with van der Waals surface area (Å²) in [6.45, 7) is 5.63. The molecule has 0 aromatic heterocycles. The van der Waals surface area contributed by atoms with Crippen LogP contribution in [0.1, 0.15) is 46.0 Å². The second-order valence-electron chi connectivity index (χ2n) is 6.38. The zero-order chi connectivity index (χ0) is 15.4. The number of nitrogens with one attached hydrogen (secondary N) is 2. The molecule has 2 N–H and O–H groups in total. The molecule has 0 aliphatic carbocycles. The lowest BCUT2D eigenvalue weighted by atomic mass is 10.0. The van der Waals surface area contributed by atoms with E-state index in [9.17, 15) is 14.4 Å². The highest BCUT2D eigenvalue weighted by Gasteiger charge is 2.32. The van der Waals surface area contributed by atoms with Gasteiger partial charge in [-0.2, -0.15) is 0 Å².